The fraction of sp³-hybridized carbons (Fsp3) is 0.857. The topological polar surface area (TPSA) is 58.6 Å². The van der Waals surface area contributed by atoms with E-state index in [1.165, 1.54) is 6.42 Å². The van der Waals surface area contributed by atoms with Gasteiger partial charge in [-0.05, 0) is 19.4 Å². The molecule has 0 amide bonds. The van der Waals surface area contributed by atoms with Gasteiger partial charge < -0.3 is 15.2 Å². The number of ether oxygens (including phenoxy) is 1. The van der Waals surface area contributed by atoms with E-state index in [0.717, 1.165) is 13.0 Å². The van der Waals surface area contributed by atoms with Crippen LogP contribution in [0.1, 0.15) is 12.8 Å². The predicted octanol–water partition coefficient (Wildman–Crippen LogP) is -0.160. The summed E-state index contributed by atoms with van der Waals surface area (Å²) in [5, 5.41) is 11.5. The Morgan fingerprint density at radius 1 is 1.73 bits per heavy atom. The van der Waals surface area contributed by atoms with Crippen LogP contribution in [0.25, 0.3) is 0 Å². The number of hydrogen-bond acceptors (Lipinski definition) is 3. The first-order valence-electron chi connectivity index (χ1n) is 3.82. The average molecular weight is 159 g/mol. The van der Waals surface area contributed by atoms with Crippen LogP contribution in [0.5, 0.6) is 0 Å². The van der Waals surface area contributed by atoms with Gasteiger partial charge in [-0.2, -0.15) is 0 Å². The van der Waals surface area contributed by atoms with Crippen molar-refractivity contribution >= 4 is 5.97 Å². The molecule has 2 N–H and O–H groups in total. The molecule has 64 valence electrons. The fourth-order valence-corrected chi connectivity index (χ4v) is 1.19. The normalized spacial score (nSPS) is 23.8. The lowest BCUT2D eigenvalue weighted by molar-refractivity contribution is -0.142. The minimum atomic E-state index is -0.900. The highest BCUT2D eigenvalue weighted by molar-refractivity contribution is 5.67. The maximum atomic E-state index is 10.0. The summed E-state index contributed by atoms with van der Waals surface area (Å²) in [4.78, 5) is 10.0. The minimum absolute atomic E-state index is 0.182. The Bertz CT molecular complexity index is 132. The monoisotopic (exact) mass is 159 g/mol. The summed E-state index contributed by atoms with van der Waals surface area (Å²) in [6, 6.07) is 0.370. The molecule has 4 heteroatoms. The fourth-order valence-electron chi connectivity index (χ4n) is 1.19. The molecule has 1 rings (SSSR count). The summed E-state index contributed by atoms with van der Waals surface area (Å²) in [7, 11) is 0. The summed E-state index contributed by atoms with van der Waals surface area (Å²) < 4.78 is 4.92. The molecule has 11 heavy (non-hydrogen) atoms. The van der Waals surface area contributed by atoms with Gasteiger partial charge in [-0.25, -0.2) is 4.79 Å². The van der Waals surface area contributed by atoms with Crippen molar-refractivity contribution in [3.63, 3.8) is 0 Å². The summed E-state index contributed by atoms with van der Waals surface area (Å²) in [6.45, 7) is 1.37. The Hall–Kier alpha value is -0.610. The van der Waals surface area contributed by atoms with E-state index in [1.54, 1.807) is 0 Å². The zero-order chi connectivity index (χ0) is 8.10. The van der Waals surface area contributed by atoms with E-state index in [-0.39, 0.29) is 6.61 Å². The molecule has 0 unspecified atom stereocenters. The third kappa shape index (κ3) is 3.34. The highest BCUT2D eigenvalue weighted by Crippen LogP contribution is 2.04. The molecule has 0 aromatic carbocycles. The lowest BCUT2D eigenvalue weighted by Gasteiger charge is -2.08. The molecule has 0 spiro atoms. The standard InChI is InChI=1S/C7H13NO3/c9-7(10)5-11-4-6-2-1-3-8-6/h6,8H,1-5H2,(H,9,10)/t6-/m0/s1. The van der Waals surface area contributed by atoms with Gasteiger partial charge in [-0.3, -0.25) is 0 Å². The van der Waals surface area contributed by atoms with Gasteiger partial charge in [0, 0.05) is 6.04 Å². The second-order valence-corrected chi connectivity index (χ2v) is 2.70. The molecule has 1 saturated heterocycles. The van der Waals surface area contributed by atoms with Crippen LogP contribution in [-0.4, -0.2) is 36.9 Å². The van der Waals surface area contributed by atoms with Crippen LogP contribution in [0, 0.1) is 0 Å². The first-order chi connectivity index (χ1) is 5.29. The van der Waals surface area contributed by atoms with Gasteiger partial charge in [0.15, 0.2) is 0 Å². The maximum Gasteiger partial charge on any atom is 0.329 e. The Kier molecular flexibility index (Phi) is 3.32. The molecular formula is C7H13NO3. The Labute approximate surface area is 65.5 Å². The smallest absolute Gasteiger partial charge is 0.329 e. The summed E-state index contributed by atoms with van der Waals surface area (Å²) in [6.07, 6.45) is 2.26. The number of hydrogen-bond donors (Lipinski definition) is 2. The molecule has 0 aliphatic carbocycles. The van der Waals surface area contributed by atoms with Crippen molar-refractivity contribution in [1.82, 2.24) is 5.32 Å². The zero-order valence-electron chi connectivity index (χ0n) is 6.38. The lowest BCUT2D eigenvalue weighted by atomic mass is 10.2. The van der Waals surface area contributed by atoms with Crippen LogP contribution in [0.15, 0.2) is 0 Å². The van der Waals surface area contributed by atoms with Gasteiger partial charge in [-0.15, -0.1) is 0 Å². The predicted molar refractivity (Wildman–Crippen MR) is 39.5 cm³/mol. The Morgan fingerprint density at radius 3 is 3.09 bits per heavy atom. The highest BCUT2D eigenvalue weighted by atomic mass is 16.5. The SMILES string of the molecule is O=C(O)COC[C@@H]1CCCN1. The molecule has 4 nitrogen and oxygen atoms in total. The second kappa shape index (κ2) is 4.31. The zero-order valence-corrected chi connectivity index (χ0v) is 6.38. The Balaban J connectivity index is 1.98. The van der Waals surface area contributed by atoms with Gasteiger partial charge in [0.1, 0.15) is 6.61 Å². The maximum absolute atomic E-state index is 10.0. The van der Waals surface area contributed by atoms with Crippen LogP contribution in [-0.2, 0) is 9.53 Å². The van der Waals surface area contributed by atoms with Crippen LogP contribution < -0.4 is 5.32 Å². The van der Waals surface area contributed by atoms with Crippen LogP contribution in [0.3, 0.4) is 0 Å². The van der Waals surface area contributed by atoms with Crippen molar-refractivity contribution in [3.8, 4) is 0 Å². The average Bonchev–Trinajstić information content (AvgIpc) is 2.39. The number of carboxylic acids is 1. The van der Waals surface area contributed by atoms with Crippen molar-refractivity contribution in [2.24, 2.45) is 0 Å². The van der Waals surface area contributed by atoms with Crippen molar-refractivity contribution in [2.45, 2.75) is 18.9 Å². The summed E-state index contributed by atoms with van der Waals surface area (Å²) in [5.74, 6) is -0.900. The number of carboxylic acid groups (broad SMARTS) is 1. The third-order valence-electron chi connectivity index (χ3n) is 1.71. The van der Waals surface area contributed by atoms with Gasteiger partial charge in [-0.1, -0.05) is 0 Å². The highest BCUT2D eigenvalue weighted by Gasteiger charge is 2.13. The van der Waals surface area contributed by atoms with E-state index in [4.69, 9.17) is 9.84 Å². The Morgan fingerprint density at radius 2 is 2.55 bits per heavy atom. The lowest BCUT2D eigenvalue weighted by Crippen LogP contribution is -2.27. The van der Waals surface area contributed by atoms with Crippen molar-refractivity contribution in [3.05, 3.63) is 0 Å². The first kappa shape index (κ1) is 8.49. The summed E-state index contributed by atoms with van der Waals surface area (Å²) >= 11 is 0. The van der Waals surface area contributed by atoms with Crippen molar-refractivity contribution in [2.75, 3.05) is 19.8 Å². The first-order valence-corrected chi connectivity index (χ1v) is 3.82. The van der Waals surface area contributed by atoms with E-state index in [2.05, 4.69) is 5.32 Å². The molecule has 0 aromatic rings. The van der Waals surface area contributed by atoms with Gasteiger partial charge in [0.2, 0.25) is 0 Å². The molecule has 1 aliphatic rings. The van der Waals surface area contributed by atoms with E-state index < -0.39 is 5.97 Å². The molecule has 1 aliphatic heterocycles. The number of rotatable bonds is 4. The number of nitrogens with one attached hydrogen (secondary N) is 1. The summed E-state index contributed by atoms with van der Waals surface area (Å²) in [5.41, 5.74) is 0. The minimum Gasteiger partial charge on any atom is -0.480 e. The van der Waals surface area contributed by atoms with Gasteiger partial charge in [0.25, 0.3) is 0 Å². The van der Waals surface area contributed by atoms with Gasteiger partial charge in [0.05, 0.1) is 6.61 Å². The molecule has 0 aromatic heterocycles. The second-order valence-electron chi connectivity index (χ2n) is 2.70. The van der Waals surface area contributed by atoms with E-state index >= 15 is 0 Å². The molecule has 0 saturated carbocycles. The van der Waals surface area contributed by atoms with Crippen LogP contribution in [0.4, 0.5) is 0 Å². The van der Waals surface area contributed by atoms with Crippen LogP contribution >= 0.6 is 0 Å². The van der Waals surface area contributed by atoms with Crippen LogP contribution in [0.2, 0.25) is 0 Å². The molecule has 0 radical (unpaired) electrons. The third-order valence-corrected chi connectivity index (χ3v) is 1.71. The molecular weight excluding hydrogens is 146 g/mol. The largest absolute Gasteiger partial charge is 0.480 e. The number of carbonyl (C=O) groups is 1. The van der Waals surface area contributed by atoms with E-state index in [0.29, 0.717) is 12.6 Å². The molecule has 1 heterocycles. The van der Waals surface area contributed by atoms with Crippen molar-refractivity contribution in [1.29, 1.82) is 0 Å². The van der Waals surface area contributed by atoms with E-state index in [1.807, 2.05) is 0 Å². The molecule has 0 bridgehead atoms. The van der Waals surface area contributed by atoms with Gasteiger partial charge >= 0.3 is 5.97 Å². The van der Waals surface area contributed by atoms with Crippen molar-refractivity contribution < 1.29 is 14.6 Å². The molecule has 1 fully saturated rings. The number of aliphatic carboxylic acids is 1. The molecule has 1 atom stereocenters. The van der Waals surface area contributed by atoms with E-state index in [9.17, 15) is 4.79 Å². The quantitative estimate of drug-likeness (QED) is 0.598.